The van der Waals surface area contributed by atoms with Gasteiger partial charge in [0, 0.05) is 6.42 Å². The van der Waals surface area contributed by atoms with Gasteiger partial charge in [0.05, 0.1) is 6.54 Å². The fourth-order valence-electron chi connectivity index (χ4n) is 0.944. The van der Waals surface area contributed by atoms with Gasteiger partial charge in [-0.05, 0) is 6.42 Å². The van der Waals surface area contributed by atoms with E-state index in [1.54, 1.807) is 0 Å². The number of piperidine rings is 1. The molecule has 0 bridgehead atoms. The molecule has 1 saturated heterocycles. The van der Waals surface area contributed by atoms with E-state index < -0.39 is 12.0 Å². The molecule has 0 aliphatic carbocycles. The van der Waals surface area contributed by atoms with Crippen LogP contribution in [0.5, 0.6) is 0 Å². The van der Waals surface area contributed by atoms with Gasteiger partial charge in [-0.1, -0.05) is 0 Å². The molecule has 0 radical (unpaired) electrons. The van der Waals surface area contributed by atoms with E-state index >= 15 is 0 Å². The second-order valence-electron chi connectivity index (χ2n) is 2.35. The Hall–Kier alpha value is -0.610. The number of Topliss-reactive ketones (excluding diaryl/α,β-unsaturated/α-hetero) is 1. The zero-order valence-electron chi connectivity index (χ0n) is 5.87. The van der Waals surface area contributed by atoms with Crippen molar-refractivity contribution in [3.8, 4) is 0 Å². The van der Waals surface area contributed by atoms with E-state index in [2.05, 4.69) is 5.32 Å². The van der Waals surface area contributed by atoms with Gasteiger partial charge in [0.15, 0.2) is 0 Å². The monoisotopic (exact) mass is 179 g/mol. The predicted molar refractivity (Wildman–Crippen MR) is 40.9 cm³/mol. The van der Waals surface area contributed by atoms with Crippen LogP contribution in [0, 0.1) is 0 Å². The summed E-state index contributed by atoms with van der Waals surface area (Å²) in [4.78, 5) is 20.9. The first-order chi connectivity index (χ1) is 4.70. The van der Waals surface area contributed by atoms with E-state index in [9.17, 15) is 9.59 Å². The van der Waals surface area contributed by atoms with Crippen molar-refractivity contribution in [2.75, 3.05) is 6.54 Å². The molecular formula is C6H10ClNO3. The molecule has 4 nitrogen and oxygen atoms in total. The van der Waals surface area contributed by atoms with Crippen LogP contribution in [0.1, 0.15) is 12.8 Å². The molecule has 11 heavy (non-hydrogen) atoms. The van der Waals surface area contributed by atoms with Crippen molar-refractivity contribution in [1.82, 2.24) is 5.32 Å². The summed E-state index contributed by atoms with van der Waals surface area (Å²) in [5.41, 5.74) is 0. The number of rotatable bonds is 1. The van der Waals surface area contributed by atoms with Gasteiger partial charge in [-0.25, -0.2) is 0 Å². The van der Waals surface area contributed by atoms with Gasteiger partial charge in [-0.2, -0.15) is 0 Å². The molecule has 1 rings (SSSR count). The van der Waals surface area contributed by atoms with E-state index in [1.807, 2.05) is 0 Å². The van der Waals surface area contributed by atoms with Crippen LogP contribution < -0.4 is 5.32 Å². The maximum atomic E-state index is 10.6. The molecule has 64 valence electrons. The highest BCUT2D eigenvalue weighted by Crippen LogP contribution is 2.03. The third-order valence-electron chi connectivity index (χ3n) is 1.56. The number of hydrogen-bond donors (Lipinski definition) is 2. The summed E-state index contributed by atoms with van der Waals surface area (Å²) in [6.45, 7) is 0.205. The van der Waals surface area contributed by atoms with Crippen LogP contribution in [-0.4, -0.2) is 29.4 Å². The first kappa shape index (κ1) is 10.4. The smallest absolute Gasteiger partial charge is 0.320 e. The lowest BCUT2D eigenvalue weighted by molar-refractivity contribution is -0.140. The molecular weight excluding hydrogens is 170 g/mol. The number of carboxylic acid groups (broad SMARTS) is 1. The van der Waals surface area contributed by atoms with E-state index in [0.29, 0.717) is 12.8 Å². The van der Waals surface area contributed by atoms with Crippen molar-refractivity contribution in [3.05, 3.63) is 0 Å². The van der Waals surface area contributed by atoms with Gasteiger partial charge in [-0.15, -0.1) is 12.4 Å². The highest BCUT2D eigenvalue weighted by atomic mass is 35.5. The second kappa shape index (κ2) is 4.31. The highest BCUT2D eigenvalue weighted by molar-refractivity contribution is 5.85. The second-order valence-corrected chi connectivity index (χ2v) is 2.35. The summed E-state index contributed by atoms with van der Waals surface area (Å²) in [5.74, 6) is -0.773. The Morgan fingerprint density at radius 2 is 2.27 bits per heavy atom. The molecule has 0 aromatic rings. The van der Waals surface area contributed by atoms with Crippen molar-refractivity contribution >= 4 is 24.2 Å². The fourth-order valence-corrected chi connectivity index (χ4v) is 0.944. The van der Waals surface area contributed by atoms with Gasteiger partial charge >= 0.3 is 5.97 Å². The van der Waals surface area contributed by atoms with Gasteiger partial charge in [0.1, 0.15) is 11.8 Å². The van der Waals surface area contributed by atoms with Crippen molar-refractivity contribution in [2.45, 2.75) is 18.9 Å². The van der Waals surface area contributed by atoms with E-state index in [1.165, 1.54) is 0 Å². The zero-order valence-corrected chi connectivity index (χ0v) is 6.69. The number of halogens is 1. The van der Waals surface area contributed by atoms with Crippen LogP contribution >= 0.6 is 12.4 Å². The minimum atomic E-state index is -0.868. The number of aliphatic carboxylic acids is 1. The highest BCUT2D eigenvalue weighted by Gasteiger charge is 2.22. The fraction of sp³-hybridized carbons (Fsp3) is 0.667. The number of hydrogen-bond acceptors (Lipinski definition) is 3. The SMILES string of the molecule is Cl.O=C1CC[C@H](C(=O)O)NC1. The van der Waals surface area contributed by atoms with E-state index in [-0.39, 0.29) is 24.7 Å². The third kappa shape index (κ3) is 2.86. The van der Waals surface area contributed by atoms with Crippen molar-refractivity contribution in [3.63, 3.8) is 0 Å². The van der Waals surface area contributed by atoms with Gasteiger partial charge < -0.3 is 5.11 Å². The molecule has 1 fully saturated rings. The Morgan fingerprint density at radius 3 is 2.64 bits per heavy atom. The number of carbonyl (C=O) groups is 2. The quantitative estimate of drug-likeness (QED) is 0.586. The lowest BCUT2D eigenvalue weighted by Crippen LogP contribution is -2.44. The van der Waals surface area contributed by atoms with E-state index in [4.69, 9.17) is 5.11 Å². The molecule has 0 unspecified atom stereocenters. The molecule has 0 aromatic heterocycles. The summed E-state index contributed by atoms with van der Waals surface area (Å²) in [5, 5.41) is 11.1. The molecule has 0 saturated carbocycles. The normalized spacial score (nSPS) is 24.0. The van der Waals surface area contributed by atoms with Crippen molar-refractivity contribution in [2.24, 2.45) is 0 Å². The van der Waals surface area contributed by atoms with E-state index in [0.717, 1.165) is 0 Å². The van der Waals surface area contributed by atoms with Crippen molar-refractivity contribution < 1.29 is 14.7 Å². The molecule has 0 spiro atoms. The Balaban J connectivity index is 0.000001000. The number of carbonyl (C=O) groups excluding carboxylic acids is 1. The number of nitrogens with one attached hydrogen (secondary N) is 1. The Bertz CT molecular complexity index is 161. The zero-order chi connectivity index (χ0) is 7.56. The molecule has 1 heterocycles. The summed E-state index contributed by atoms with van der Waals surface area (Å²) >= 11 is 0. The van der Waals surface area contributed by atoms with Gasteiger partial charge in [0.25, 0.3) is 0 Å². The molecule has 1 aliphatic heterocycles. The van der Waals surface area contributed by atoms with Crippen LogP contribution in [-0.2, 0) is 9.59 Å². The standard InChI is InChI=1S/C6H9NO3.ClH/c8-4-1-2-5(6(9)10)7-3-4;/h5,7H,1-3H2,(H,9,10);1H/t5-;/m1./s1. The van der Waals surface area contributed by atoms with Crippen LogP contribution in [0.15, 0.2) is 0 Å². The lowest BCUT2D eigenvalue weighted by Gasteiger charge is -2.17. The molecule has 0 amide bonds. The maximum absolute atomic E-state index is 10.6. The van der Waals surface area contributed by atoms with Crippen LogP contribution in [0.25, 0.3) is 0 Å². The largest absolute Gasteiger partial charge is 0.480 e. The van der Waals surface area contributed by atoms with Crippen LogP contribution in [0.2, 0.25) is 0 Å². The Morgan fingerprint density at radius 1 is 1.64 bits per heavy atom. The summed E-state index contributed by atoms with van der Waals surface area (Å²) in [7, 11) is 0. The topological polar surface area (TPSA) is 66.4 Å². The van der Waals surface area contributed by atoms with Crippen LogP contribution in [0.4, 0.5) is 0 Å². The molecule has 1 atom stereocenters. The number of carboxylic acids is 1. The molecule has 2 N–H and O–H groups in total. The first-order valence-corrected chi connectivity index (χ1v) is 3.18. The minimum Gasteiger partial charge on any atom is -0.480 e. The molecule has 5 heteroatoms. The summed E-state index contributed by atoms with van der Waals surface area (Å²) in [6, 6.07) is -0.516. The average molecular weight is 180 g/mol. The minimum absolute atomic E-state index is 0. The average Bonchev–Trinajstić information content (AvgIpc) is 1.88. The molecule has 1 aliphatic rings. The van der Waals surface area contributed by atoms with Crippen molar-refractivity contribution in [1.29, 1.82) is 0 Å². The van der Waals surface area contributed by atoms with Gasteiger partial charge in [-0.3, -0.25) is 14.9 Å². The van der Waals surface area contributed by atoms with Gasteiger partial charge in [0.2, 0.25) is 0 Å². The summed E-state index contributed by atoms with van der Waals surface area (Å²) in [6.07, 6.45) is 0.818. The third-order valence-corrected chi connectivity index (χ3v) is 1.56. The molecule has 0 aromatic carbocycles. The van der Waals surface area contributed by atoms with Crippen LogP contribution in [0.3, 0.4) is 0 Å². The lowest BCUT2D eigenvalue weighted by atomic mass is 10.0. The Kier molecular flexibility index (Phi) is 4.07. The summed E-state index contributed by atoms with van der Waals surface area (Å²) < 4.78 is 0. The first-order valence-electron chi connectivity index (χ1n) is 3.18. The Labute approximate surface area is 70.4 Å². The number of ketones is 1. The maximum Gasteiger partial charge on any atom is 0.320 e. The predicted octanol–water partition coefficient (Wildman–Crippen LogP) is -0.186.